The molecule has 0 spiro atoms. The Kier molecular flexibility index (Phi) is 3.62. The van der Waals surface area contributed by atoms with Crippen LogP contribution in [0.2, 0.25) is 0 Å². The van der Waals surface area contributed by atoms with E-state index in [0.717, 1.165) is 37.9 Å². The van der Waals surface area contributed by atoms with Gasteiger partial charge < -0.3 is 5.32 Å². The highest BCUT2D eigenvalue weighted by Crippen LogP contribution is 2.35. The monoisotopic (exact) mass is 303 g/mol. The molecule has 2 aromatic rings. The summed E-state index contributed by atoms with van der Waals surface area (Å²) in [5.41, 5.74) is 4.33. The average molecular weight is 303 g/mol. The molecule has 1 aliphatic carbocycles. The zero-order chi connectivity index (χ0) is 15.7. The van der Waals surface area contributed by atoms with Crippen LogP contribution in [0.3, 0.4) is 0 Å². The van der Waals surface area contributed by atoms with Crippen LogP contribution in [0.15, 0.2) is 54.6 Å². The molecule has 116 valence electrons. The number of benzene rings is 2. The lowest BCUT2D eigenvalue weighted by atomic mass is 9.74. The second-order valence-electron chi connectivity index (χ2n) is 6.72. The Hall–Kier alpha value is -2.19. The number of carbonyl (C=O) groups is 1. The van der Waals surface area contributed by atoms with Crippen LogP contribution in [0.4, 0.5) is 0 Å². The summed E-state index contributed by atoms with van der Waals surface area (Å²) in [6.45, 7) is 1.70. The predicted molar refractivity (Wildman–Crippen MR) is 93.6 cm³/mol. The SMILES string of the molecule is O=C(c1ccc2c(c1)CC=C2)C1(Cc2ccccc2)CCNC1. The molecule has 1 aliphatic heterocycles. The summed E-state index contributed by atoms with van der Waals surface area (Å²) in [4.78, 5) is 13.3. The van der Waals surface area contributed by atoms with Crippen LogP contribution in [0.5, 0.6) is 0 Å². The van der Waals surface area contributed by atoms with E-state index in [-0.39, 0.29) is 5.41 Å². The van der Waals surface area contributed by atoms with Crippen molar-refractivity contribution in [3.63, 3.8) is 0 Å². The molecule has 2 heteroatoms. The molecule has 2 nitrogen and oxygen atoms in total. The maximum Gasteiger partial charge on any atom is 0.170 e. The number of hydrogen-bond acceptors (Lipinski definition) is 2. The van der Waals surface area contributed by atoms with Crippen LogP contribution in [0.25, 0.3) is 6.08 Å². The van der Waals surface area contributed by atoms with Crippen molar-refractivity contribution in [3.05, 3.63) is 76.9 Å². The van der Waals surface area contributed by atoms with Crippen LogP contribution < -0.4 is 5.32 Å². The smallest absolute Gasteiger partial charge is 0.170 e. The van der Waals surface area contributed by atoms with Gasteiger partial charge in [-0.15, -0.1) is 0 Å². The van der Waals surface area contributed by atoms with Crippen molar-refractivity contribution in [2.24, 2.45) is 5.41 Å². The van der Waals surface area contributed by atoms with Crippen molar-refractivity contribution >= 4 is 11.9 Å². The molecule has 2 aromatic carbocycles. The maximum atomic E-state index is 13.3. The van der Waals surface area contributed by atoms with Gasteiger partial charge in [-0.25, -0.2) is 0 Å². The molecule has 23 heavy (non-hydrogen) atoms. The van der Waals surface area contributed by atoms with Crippen molar-refractivity contribution < 1.29 is 4.79 Å². The van der Waals surface area contributed by atoms with Gasteiger partial charge in [-0.05, 0) is 48.6 Å². The third kappa shape index (κ3) is 2.64. The van der Waals surface area contributed by atoms with Crippen LogP contribution in [-0.4, -0.2) is 18.9 Å². The molecule has 0 amide bonds. The lowest BCUT2D eigenvalue weighted by molar-refractivity contribution is 0.0816. The summed E-state index contributed by atoms with van der Waals surface area (Å²) >= 11 is 0. The maximum absolute atomic E-state index is 13.3. The average Bonchev–Trinajstić information content (AvgIpc) is 3.24. The van der Waals surface area contributed by atoms with Crippen LogP contribution >= 0.6 is 0 Å². The lowest BCUT2D eigenvalue weighted by Gasteiger charge is -2.27. The van der Waals surface area contributed by atoms with E-state index >= 15 is 0 Å². The molecule has 0 bridgehead atoms. The van der Waals surface area contributed by atoms with Gasteiger partial charge in [0.2, 0.25) is 0 Å². The highest BCUT2D eigenvalue weighted by molar-refractivity contribution is 6.01. The number of hydrogen-bond donors (Lipinski definition) is 1. The van der Waals surface area contributed by atoms with E-state index in [1.165, 1.54) is 16.7 Å². The molecule has 0 saturated carbocycles. The summed E-state index contributed by atoms with van der Waals surface area (Å²) in [6, 6.07) is 16.6. The number of ketones is 1. The lowest BCUT2D eigenvalue weighted by Crippen LogP contribution is -2.36. The molecule has 2 aliphatic rings. The van der Waals surface area contributed by atoms with Gasteiger partial charge in [0.1, 0.15) is 0 Å². The van der Waals surface area contributed by atoms with Gasteiger partial charge in [0.25, 0.3) is 0 Å². The summed E-state index contributed by atoms with van der Waals surface area (Å²) in [5.74, 6) is 0.293. The van der Waals surface area contributed by atoms with Crippen LogP contribution in [0, 0.1) is 5.41 Å². The highest BCUT2D eigenvalue weighted by Gasteiger charge is 2.41. The van der Waals surface area contributed by atoms with E-state index in [2.05, 4.69) is 53.9 Å². The van der Waals surface area contributed by atoms with Gasteiger partial charge in [-0.2, -0.15) is 0 Å². The van der Waals surface area contributed by atoms with Crippen molar-refractivity contribution in [3.8, 4) is 0 Å². The van der Waals surface area contributed by atoms with Gasteiger partial charge in [0.05, 0.1) is 5.41 Å². The fourth-order valence-electron chi connectivity index (χ4n) is 3.86. The van der Waals surface area contributed by atoms with Gasteiger partial charge in [-0.1, -0.05) is 54.6 Å². The van der Waals surface area contributed by atoms with Gasteiger partial charge in [0.15, 0.2) is 5.78 Å². The standard InChI is InChI=1S/C21H21NO/c23-20(19-10-9-17-7-4-8-18(17)13-19)21(11-12-22-15-21)14-16-5-2-1-3-6-16/h1-7,9-10,13,22H,8,11-12,14-15H2. The molecule has 0 aromatic heterocycles. The summed E-state index contributed by atoms with van der Waals surface area (Å²) < 4.78 is 0. The van der Waals surface area contributed by atoms with Crippen molar-refractivity contribution in [2.45, 2.75) is 19.3 Å². The molecule has 1 saturated heterocycles. The summed E-state index contributed by atoms with van der Waals surface area (Å²) in [6.07, 6.45) is 6.97. The Bertz CT molecular complexity index is 755. The van der Waals surface area contributed by atoms with Gasteiger partial charge in [-0.3, -0.25) is 4.79 Å². The fourth-order valence-corrected chi connectivity index (χ4v) is 3.86. The third-order valence-electron chi connectivity index (χ3n) is 5.15. The number of carbonyl (C=O) groups excluding carboxylic acids is 1. The molecule has 1 unspecified atom stereocenters. The van der Waals surface area contributed by atoms with Gasteiger partial charge in [0, 0.05) is 12.1 Å². The molecule has 1 atom stereocenters. The Labute approximate surface area is 137 Å². The predicted octanol–water partition coefficient (Wildman–Crippen LogP) is 3.66. The minimum Gasteiger partial charge on any atom is -0.316 e. The largest absolute Gasteiger partial charge is 0.316 e. The topological polar surface area (TPSA) is 29.1 Å². The Balaban J connectivity index is 1.66. The first-order chi connectivity index (χ1) is 11.3. The Morgan fingerprint density at radius 3 is 2.78 bits per heavy atom. The normalized spacial score (nSPS) is 22.3. The number of rotatable bonds is 4. The Morgan fingerprint density at radius 2 is 2.00 bits per heavy atom. The van der Waals surface area contributed by atoms with Gasteiger partial charge >= 0.3 is 0 Å². The second kappa shape index (κ2) is 5.78. The van der Waals surface area contributed by atoms with E-state index in [1.54, 1.807) is 0 Å². The third-order valence-corrected chi connectivity index (χ3v) is 5.15. The molecular weight excluding hydrogens is 282 g/mol. The fraction of sp³-hybridized carbons (Fsp3) is 0.286. The zero-order valence-corrected chi connectivity index (χ0v) is 13.2. The van der Waals surface area contributed by atoms with E-state index < -0.39 is 0 Å². The van der Waals surface area contributed by atoms with Crippen LogP contribution in [-0.2, 0) is 12.8 Å². The Morgan fingerprint density at radius 1 is 1.13 bits per heavy atom. The second-order valence-corrected chi connectivity index (χ2v) is 6.72. The first-order valence-corrected chi connectivity index (χ1v) is 8.36. The minimum atomic E-state index is -0.304. The molecule has 0 radical (unpaired) electrons. The molecule has 1 N–H and O–H groups in total. The number of nitrogens with one attached hydrogen (secondary N) is 1. The molecular formula is C21H21NO. The zero-order valence-electron chi connectivity index (χ0n) is 13.2. The summed E-state index contributed by atoms with van der Waals surface area (Å²) in [5, 5.41) is 3.40. The number of allylic oxidation sites excluding steroid dienone is 1. The van der Waals surface area contributed by atoms with E-state index in [9.17, 15) is 4.79 Å². The molecule has 1 heterocycles. The quantitative estimate of drug-likeness (QED) is 0.873. The van der Waals surface area contributed by atoms with Crippen LogP contribution in [0.1, 0.15) is 33.5 Å². The van der Waals surface area contributed by atoms with Crippen molar-refractivity contribution in [1.29, 1.82) is 0 Å². The van der Waals surface area contributed by atoms with E-state index in [1.807, 2.05) is 12.1 Å². The van der Waals surface area contributed by atoms with E-state index in [4.69, 9.17) is 0 Å². The molecule has 1 fully saturated rings. The number of Topliss-reactive ketones (excluding diaryl/α,β-unsaturated/α-hetero) is 1. The first-order valence-electron chi connectivity index (χ1n) is 8.36. The van der Waals surface area contributed by atoms with E-state index in [0.29, 0.717) is 5.78 Å². The summed E-state index contributed by atoms with van der Waals surface area (Å²) in [7, 11) is 0. The first kappa shape index (κ1) is 14.4. The number of fused-ring (bicyclic) bond motifs is 1. The van der Waals surface area contributed by atoms with Crippen molar-refractivity contribution in [2.75, 3.05) is 13.1 Å². The highest BCUT2D eigenvalue weighted by atomic mass is 16.1. The van der Waals surface area contributed by atoms with Crippen molar-refractivity contribution in [1.82, 2.24) is 5.32 Å². The minimum absolute atomic E-state index is 0.293. The molecule has 4 rings (SSSR count).